The Balaban J connectivity index is 1.70. The van der Waals surface area contributed by atoms with Gasteiger partial charge in [0.25, 0.3) is 5.91 Å². The van der Waals surface area contributed by atoms with Crippen molar-refractivity contribution in [3.05, 3.63) is 77.1 Å². The van der Waals surface area contributed by atoms with Gasteiger partial charge in [0.2, 0.25) is 0 Å². The van der Waals surface area contributed by atoms with Crippen molar-refractivity contribution in [1.82, 2.24) is 9.97 Å². The molecule has 0 unspecified atom stereocenters. The van der Waals surface area contributed by atoms with Crippen LogP contribution in [0.3, 0.4) is 0 Å². The van der Waals surface area contributed by atoms with Crippen LogP contribution in [0.2, 0.25) is 0 Å². The number of pyridine rings is 2. The van der Waals surface area contributed by atoms with Crippen molar-refractivity contribution in [3.63, 3.8) is 0 Å². The maximum atomic E-state index is 13.2. The number of fused-ring (bicyclic) bond motifs is 2. The Morgan fingerprint density at radius 1 is 1.00 bits per heavy atom. The average Bonchev–Trinajstić information content (AvgIpc) is 2.81. The van der Waals surface area contributed by atoms with Crippen molar-refractivity contribution in [3.8, 4) is 0 Å². The van der Waals surface area contributed by atoms with Gasteiger partial charge in [-0.15, -0.1) is 0 Å². The van der Waals surface area contributed by atoms with Crippen LogP contribution in [0, 0.1) is 6.92 Å². The first-order valence-corrected chi connectivity index (χ1v) is 9.64. The molecule has 0 bridgehead atoms. The average molecular weight is 372 g/mol. The minimum atomic E-state index is -0.0505. The third-order valence-electron chi connectivity index (χ3n) is 5.36. The van der Waals surface area contributed by atoms with E-state index in [0.717, 1.165) is 29.9 Å². The van der Waals surface area contributed by atoms with Crippen LogP contribution in [0.5, 0.6) is 0 Å². The second kappa shape index (κ2) is 7.43. The van der Waals surface area contributed by atoms with Gasteiger partial charge in [-0.1, -0.05) is 24.3 Å². The fourth-order valence-corrected chi connectivity index (χ4v) is 3.73. The monoisotopic (exact) mass is 372 g/mol. The van der Waals surface area contributed by atoms with E-state index in [1.807, 2.05) is 36.2 Å². The van der Waals surface area contributed by atoms with E-state index in [1.54, 1.807) is 18.1 Å². The largest absolute Gasteiger partial charge is 0.309 e. The number of aromatic nitrogens is 2. The lowest BCUT2D eigenvalue weighted by atomic mass is 10.0. The van der Waals surface area contributed by atoms with Gasteiger partial charge in [-0.3, -0.25) is 4.79 Å². The normalized spacial score (nSPS) is 13.2. The summed E-state index contributed by atoms with van der Waals surface area (Å²) in [5, 5.41) is 0. The Hall–Kier alpha value is -3.21. The van der Waals surface area contributed by atoms with Crippen LogP contribution in [0.4, 0.5) is 17.3 Å². The smallest absolute Gasteiger partial charge is 0.261 e. The lowest BCUT2D eigenvalue weighted by Crippen LogP contribution is -2.25. The molecule has 2 aromatic heterocycles. The van der Waals surface area contributed by atoms with Crippen molar-refractivity contribution in [1.29, 1.82) is 0 Å². The Morgan fingerprint density at radius 3 is 2.61 bits per heavy atom. The third kappa shape index (κ3) is 3.13. The van der Waals surface area contributed by atoms with Crippen LogP contribution in [0.1, 0.15) is 34.0 Å². The van der Waals surface area contributed by atoms with Crippen molar-refractivity contribution in [2.24, 2.45) is 0 Å². The molecule has 0 radical (unpaired) electrons. The van der Waals surface area contributed by atoms with Gasteiger partial charge in [-0.05, 0) is 61.6 Å². The number of hydrogen-bond acceptors (Lipinski definition) is 4. The zero-order valence-electron chi connectivity index (χ0n) is 16.5. The molecule has 0 saturated heterocycles. The highest BCUT2D eigenvalue weighted by molar-refractivity contribution is 6.12. The van der Waals surface area contributed by atoms with Gasteiger partial charge in [0.1, 0.15) is 5.82 Å². The van der Waals surface area contributed by atoms with Crippen LogP contribution in [0.25, 0.3) is 0 Å². The number of rotatable bonds is 4. The number of carbonyl (C=O) groups is 1. The molecule has 5 nitrogen and oxygen atoms in total. The highest BCUT2D eigenvalue weighted by Crippen LogP contribution is 2.37. The molecule has 0 aliphatic carbocycles. The molecule has 4 rings (SSSR count). The summed E-state index contributed by atoms with van der Waals surface area (Å²) in [7, 11) is 1.80. The zero-order valence-corrected chi connectivity index (χ0v) is 16.5. The van der Waals surface area contributed by atoms with Crippen LogP contribution in [-0.2, 0) is 12.8 Å². The van der Waals surface area contributed by atoms with Crippen molar-refractivity contribution < 1.29 is 4.79 Å². The maximum Gasteiger partial charge on any atom is 0.261 e. The summed E-state index contributed by atoms with van der Waals surface area (Å²) in [5.74, 6) is 1.39. The van der Waals surface area contributed by atoms with E-state index in [-0.39, 0.29) is 5.91 Å². The highest BCUT2D eigenvalue weighted by atomic mass is 16.2. The van der Waals surface area contributed by atoms with Crippen LogP contribution in [0.15, 0.2) is 54.9 Å². The second-order valence-electron chi connectivity index (χ2n) is 7.10. The molecule has 28 heavy (non-hydrogen) atoms. The number of carbonyl (C=O) groups excluding carboxylic acids is 1. The predicted octanol–water partition coefficient (Wildman–Crippen LogP) is 4.32. The Morgan fingerprint density at radius 2 is 1.82 bits per heavy atom. The molecular weight excluding hydrogens is 348 g/mol. The van der Waals surface area contributed by atoms with E-state index >= 15 is 0 Å². The minimum absolute atomic E-state index is 0.0505. The van der Waals surface area contributed by atoms with E-state index < -0.39 is 0 Å². The number of anilines is 3. The van der Waals surface area contributed by atoms with E-state index in [1.165, 1.54) is 11.1 Å². The van der Waals surface area contributed by atoms with Gasteiger partial charge in [0.05, 0.1) is 11.3 Å². The first-order chi connectivity index (χ1) is 13.6. The van der Waals surface area contributed by atoms with Crippen molar-refractivity contribution >= 4 is 23.2 Å². The van der Waals surface area contributed by atoms with E-state index in [9.17, 15) is 4.79 Å². The lowest BCUT2D eigenvalue weighted by molar-refractivity contribution is 0.0994. The number of hydrogen-bond donors (Lipinski definition) is 0. The first-order valence-electron chi connectivity index (χ1n) is 9.64. The summed E-state index contributed by atoms with van der Waals surface area (Å²) < 4.78 is 0. The summed E-state index contributed by atoms with van der Waals surface area (Å²) in [4.78, 5) is 26.1. The molecular formula is C23H24N4O. The molecule has 5 heteroatoms. The van der Waals surface area contributed by atoms with Gasteiger partial charge >= 0.3 is 0 Å². The fourth-order valence-electron chi connectivity index (χ4n) is 3.73. The first kappa shape index (κ1) is 18.2. The lowest BCUT2D eigenvalue weighted by Gasteiger charge is -2.22. The molecule has 3 heterocycles. The summed E-state index contributed by atoms with van der Waals surface area (Å²) in [6.45, 7) is 4.87. The third-order valence-corrected chi connectivity index (χ3v) is 5.36. The summed E-state index contributed by atoms with van der Waals surface area (Å²) >= 11 is 0. The molecule has 0 saturated carbocycles. The van der Waals surface area contributed by atoms with Crippen LogP contribution < -0.4 is 9.80 Å². The topological polar surface area (TPSA) is 49.3 Å². The number of aryl methyl sites for hydroxylation is 3. The highest BCUT2D eigenvalue weighted by Gasteiger charge is 2.30. The van der Waals surface area contributed by atoms with Crippen molar-refractivity contribution in [2.75, 3.05) is 23.4 Å². The molecule has 0 spiro atoms. The number of benzene rings is 1. The van der Waals surface area contributed by atoms with Crippen LogP contribution in [-0.4, -0.2) is 29.5 Å². The standard InChI is InChI=1S/C23H24N4O/c1-4-27-21-19(23(28)26(3)20-10-7-13-24-22(20)27)14-17(15-25-21)11-12-18-9-6-5-8-16(18)2/h5-10,13-15H,4,11-12H2,1-3H3. The Kier molecular flexibility index (Phi) is 4.82. The molecule has 142 valence electrons. The summed E-state index contributed by atoms with van der Waals surface area (Å²) in [6, 6.07) is 14.2. The fraction of sp³-hybridized carbons (Fsp3) is 0.261. The SMILES string of the molecule is CCN1c2ncc(CCc3ccccc3C)cc2C(=O)N(C)c2cccnc21. The van der Waals surface area contributed by atoms with Gasteiger partial charge in [0.15, 0.2) is 5.82 Å². The molecule has 0 fully saturated rings. The quantitative estimate of drug-likeness (QED) is 0.684. The molecule has 1 aliphatic heterocycles. The molecule has 1 aromatic carbocycles. The number of amides is 1. The maximum absolute atomic E-state index is 13.2. The molecule has 1 aliphatic rings. The van der Waals surface area contributed by atoms with Gasteiger partial charge < -0.3 is 9.80 Å². The van der Waals surface area contributed by atoms with E-state index in [2.05, 4.69) is 41.2 Å². The minimum Gasteiger partial charge on any atom is -0.309 e. The number of nitrogens with zero attached hydrogens (tertiary/aromatic N) is 4. The van der Waals surface area contributed by atoms with Crippen LogP contribution >= 0.6 is 0 Å². The van der Waals surface area contributed by atoms with E-state index in [4.69, 9.17) is 0 Å². The van der Waals surface area contributed by atoms with Gasteiger partial charge in [0, 0.05) is 26.0 Å². The van der Waals surface area contributed by atoms with Gasteiger partial charge in [-0.2, -0.15) is 0 Å². The molecule has 1 amide bonds. The predicted molar refractivity (Wildman–Crippen MR) is 112 cm³/mol. The van der Waals surface area contributed by atoms with Crippen molar-refractivity contribution in [2.45, 2.75) is 26.7 Å². The Bertz CT molecular complexity index is 1030. The van der Waals surface area contributed by atoms with E-state index in [0.29, 0.717) is 17.9 Å². The molecule has 0 N–H and O–H groups in total. The molecule has 0 atom stereocenters. The zero-order chi connectivity index (χ0) is 19.7. The summed E-state index contributed by atoms with van der Waals surface area (Å²) in [6.07, 6.45) is 5.41. The molecule has 3 aromatic rings. The summed E-state index contributed by atoms with van der Waals surface area (Å²) in [5.41, 5.74) is 5.12. The Labute approximate surface area is 165 Å². The van der Waals surface area contributed by atoms with Gasteiger partial charge in [-0.25, -0.2) is 9.97 Å². The second-order valence-corrected chi connectivity index (χ2v) is 7.10.